The van der Waals surface area contributed by atoms with Gasteiger partial charge in [0.2, 0.25) is 0 Å². The number of amides is 1. The number of carbonyl (C=O) groups excluding carboxylic acids is 1. The van der Waals surface area contributed by atoms with Crippen molar-refractivity contribution in [2.75, 3.05) is 21.3 Å². The van der Waals surface area contributed by atoms with Crippen molar-refractivity contribution < 1.29 is 31.8 Å². The number of halogens is 4. The molecule has 0 spiro atoms. The van der Waals surface area contributed by atoms with Crippen molar-refractivity contribution in [3.05, 3.63) is 71.3 Å². The first kappa shape index (κ1) is 22.1. The average molecular weight is 437 g/mol. The molecule has 1 aromatic heterocycles. The number of hydrogen-bond acceptors (Lipinski definition) is 4. The van der Waals surface area contributed by atoms with Gasteiger partial charge in [-0.1, -0.05) is 12.1 Å². The molecule has 0 radical (unpaired) electrons. The van der Waals surface area contributed by atoms with Gasteiger partial charge in [0, 0.05) is 25.2 Å². The lowest BCUT2D eigenvalue weighted by Crippen LogP contribution is -2.29. The molecule has 0 atom stereocenters. The van der Waals surface area contributed by atoms with E-state index in [-0.39, 0.29) is 6.54 Å². The highest BCUT2D eigenvalue weighted by atomic mass is 19.4. The van der Waals surface area contributed by atoms with Crippen molar-refractivity contribution in [1.29, 1.82) is 0 Å². The van der Waals surface area contributed by atoms with E-state index in [1.54, 1.807) is 18.2 Å². The number of hydrogen-bond donors (Lipinski definition) is 0. The average Bonchev–Trinajstić information content (AvgIpc) is 3.19. The van der Waals surface area contributed by atoms with E-state index < -0.39 is 34.8 Å². The Hall–Kier alpha value is -3.56. The maximum atomic E-state index is 14.1. The van der Waals surface area contributed by atoms with Gasteiger partial charge in [-0.05, 0) is 24.3 Å². The number of carbonyl (C=O) groups is 1. The number of alkyl halides is 3. The Kier molecular flexibility index (Phi) is 6.19. The van der Waals surface area contributed by atoms with E-state index in [9.17, 15) is 22.4 Å². The summed E-state index contributed by atoms with van der Waals surface area (Å²) in [5, 5.41) is 3.65. The quantitative estimate of drug-likeness (QED) is 0.539. The summed E-state index contributed by atoms with van der Waals surface area (Å²) < 4.78 is 66.3. The molecule has 6 nitrogen and oxygen atoms in total. The second kappa shape index (κ2) is 8.66. The van der Waals surface area contributed by atoms with Crippen molar-refractivity contribution in [2.24, 2.45) is 0 Å². The zero-order chi connectivity index (χ0) is 22.8. The van der Waals surface area contributed by atoms with Crippen molar-refractivity contribution in [3.8, 4) is 17.2 Å². The number of benzene rings is 2. The fourth-order valence-corrected chi connectivity index (χ4v) is 3.10. The Labute approximate surface area is 175 Å². The topological polar surface area (TPSA) is 56.6 Å². The van der Waals surface area contributed by atoms with Crippen LogP contribution in [0, 0.1) is 5.82 Å². The molecule has 10 heteroatoms. The number of rotatable bonds is 6. The predicted octanol–water partition coefficient (Wildman–Crippen LogP) is 4.32. The van der Waals surface area contributed by atoms with Crippen molar-refractivity contribution in [3.63, 3.8) is 0 Å². The standard InChI is InChI=1S/C21H19F4N3O3/c1-27(12-13-8-9-14(30-2)10-18(13)31-3)20(29)15-11-26-28(19(15)21(23,24)25)17-7-5-4-6-16(17)22/h4-11H,12H2,1-3H3. The van der Waals surface area contributed by atoms with Crippen molar-refractivity contribution in [2.45, 2.75) is 12.7 Å². The summed E-state index contributed by atoms with van der Waals surface area (Å²) in [7, 11) is 4.27. The van der Waals surface area contributed by atoms with Crippen molar-refractivity contribution in [1.82, 2.24) is 14.7 Å². The molecule has 0 aliphatic heterocycles. The van der Waals surface area contributed by atoms with Gasteiger partial charge in [-0.2, -0.15) is 18.3 Å². The molecule has 31 heavy (non-hydrogen) atoms. The van der Waals surface area contributed by atoms with Crippen LogP contribution in [0.3, 0.4) is 0 Å². The maximum absolute atomic E-state index is 14.1. The first-order chi connectivity index (χ1) is 14.7. The summed E-state index contributed by atoms with van der Waals surface area (Å²) in [5.41, 5.74) is -1.88. The summed E-state index contributed by atoms with van der Waals surface area (Å²) in [6, 6.07) is 9.79. The van der Waals surface area contributed by atoms with E-state index >= 15 is 0 Å². The number of methoxy groups -OCH3 is 2. The summed E-state index contributed by atoms with van der Waals surface area (Å²) in [4.78, 5) is 14.0. The van der Waals surface area contributed by atoms with Crippen LogP contribution in [0.5, 0.6) is 11.5 Å². The molecule has 0 aliphatic rings. The molecule has 0 bridgehead atoms. The van der Waals surface area contributed by atoms with Crippen LogP contribution in [-0.4, -0.2) is 41.9 Å². The summed E-state index contributed by atoms with van der Waals surface area (Å²) in [5.74, 6) is -0.878. The van der Waals surface area contributed by atoms with Crippen LogP contribution < -0.4 is 9.47 Å². The third-order valence-electron chi connectivity index (χ3n) is 4.60. The highest BCUT2D eigenvalue weighted by Crippen LogP contribution is 2.35. The molecule has 0 saturated heterocycles. The van der Waals surface area contributed by atoms with E-state index in [0.717, 1.165) is 23.2 Å². The lowest BCUT2D eigenvalue weighted by Gasteiger charge is -2.20. The van der Waals surface area contributed by atoms with Gasteiger partial charge in [0.15, 0.2) is 5.69 Å². The van der Waals surface area contributed by atoms with Gasteiger partial charge in [-0.3, -0.25) is 4.79 Å². The minimum Gasteiger partial charge on any atom is -0.497 e. The number of nitrogens with zero attached hydrogens (tertiary/aromatic N) is 3. The Bertz CT molecular complexity index is 1100. The van der Waals surface area contributed by atoms with E-state index in [1.165, 1.54) is 33.4 Å². The second-order valence-corrected chi connectivity index (χ2v) is 6.61. The molecule has 0 N–H and O–H groups in total. The predicted molar refractivity (Wildman–Crippen MR) is 104 cm³/mol. The maximum Gasteiger partial charge on any atom is 0.434 e. The summed E-state index contributed by atoms with van der Waals surface area (Å²) in [6.07, 6.45) is -4.15. The van der Waals surface area contributed by atoms with Crippen LogP contribution in [0.2, 0.25) is 0 Å². The molecule has 0 unspecified atom stereocenters. The molecular formula is C21H19F4N3O3. The monoisotopic (exact) mass is 437 g/mol. The molecule has 0 fully saturated rings. The number of aromatic nitrogens is 2. The Morgan fingerprint density at radius 1 is 1.13 bits per heavy atom. The van der Waals surface area contributed by atoms with Crippen LogP contribution in [0.15, 0.2) is 48.7 Å². The number of para-hydroxylation sites is 1. The Morgan fingerprint density at radius 2 is 1.84 bits per heavy atom. The van der Waals surface area contributed by atoms with Crippen LogP contribution in [0.1, 0.15) is 21.6 Å². The lowest BCUT2D eigenvalue weighted by atomic mass is 10.1. The normalized spacial score (nSPS) is 11.3. The first-order valence-corrected chi connectivity index (χ1v) is 9.03. The zero-order valence-corrected chi connectivity index (χ0v) is 16.9. The van der Waals surface area contributed by atoms with Gasteiger partial charge in [-0.25, -0.2) is 9.07 Å². The molecule has 0 saturated carbocycles. The molecule has 1 heterocycles. The number of ether oxygens (including phenoxy) is 2. The van der Waals surface area contributed by atoms with E-state index in [0.29, 0.717) is 21.7 Å². The molecule has 1 amide bonds. The van der Waals surface area contributed by atoms with E-state index in [4.69, 9.17) is 9.47 Å². The second-order valence-electron chi connectivity index (χ2n) is 6.61. The Morgan fingerprint density at radius 3 is 2.45 bits per heavy atom. The summed E-state index contributed by atoms with van der Waals surface area (Å²) >= 11 is 0. The lowest BCUT2D eigenvalue weighted by molar-refractivity contribution is -0.143. The smallest absolute Gasteiger partial charge is 0.434 e. The SMILES string of the molecule is COc1ccc(CN(C)C(=O)c2cnn(-c3ccccc3F)c2C(F)(F)F)c(OC)c1. The van der Waals surface area contributed by atoms with E-state index in [1.807, 2.05) is 0 Å². The summed E-state index contributed by atoms with van der Waals surface area (Å²) in [6.45, 7) is -0.0336. The van der Waals surface area contributed by atoms with Crippen LogP contribution in [-0.2, 0) is 12.7 Å². The minimum atomic E-state index is -4.94. The molecule has 0 aliphatic carbocycles. The fraction of sp³-hybridized carbons (Fsp3) is 0.238. The van der Waals surface area contributed by atoms with Crippen molar-refractivity contribution >= 4 is 5.91 Å². The zero-order valence-electron chi connectivity index (χ0n) is 16.9. The van der Waals surface area contributed by atoms with Gasteiger partial charge < -0.3 is 14.4 Å². The molecular weight excluding hydrogens is 418 g/mol. The van der Waals surface area contributed by atoms with Gasteiger partial charge in [0.05, 0.1) is 26.0 Å². The fourth-order valence-electron chi connectivity index (χ4n) is 3.10. The molecule has 2 aromatic carbocycles. The molecule has 164 valence electrons. The minimum absolute atomic E-state index is 0.0336. The largest absolute Gasteiger partial charge is 0.497 e. The molecule has 3 rings (SSSR count). The molecule has 3 aromatic rings. The van der Waals surface area contributed by atoms with Gasteiger partial charge in [0.1, 0.15) is 23.0 Å². The van der Waals surface area contributed by atoms with E-state index in [2.05, 4.69) is 5.10 Å². The Balaban J connectivity index is 1.98. The third-order valence-corrected chi connectivity index (χ3v) is 4.60. The highest BCUT2D eigenvalue weighted by molar-refractivity contribution is 5.95. The van der Waals surface area contributed by atoms with Gasteiger partial charge in [-0.15, -0.1) is 0 Å². The van der Waals surface area contributed by atoms with Gasteiger partial charge >= 0.3 is 6.18 Å². The van der Waals surface area contributed by atoms with Crippen LogP contribution in [0.4, 0.5) is 17.6 Å². The highest BCUT2D eigenvalue weighted by Gasteiger charge is 2.41. The van der Waals surface area contributed by atoms with Gasteiger partial charge in [0.25, 0.3) is 5.91 Å². The first-order valence-electron chi connectivity index (χ1n) is 9.03. The van der Waals surface area contributed by atoms with Crippen LogP contribution >= 0.6 is 0 Å². The third kappa shape index (κ3) is 4.47. The van der Waals surface area contributed by atoms with Crippen LogP contribution in [0.25, 0.3) is 5.69 Å².